The Labute approximate surface area is 181 Å². The lowest BCUT2D eigenvalue weighted by Crippen LogP contribution is -2.32. The summed E-state index contributed by atoms with van der Waals surface area (Å²) in [5.41, 5.74) is 10.7. The van der Waals surface area contributed by atoms with Gasteiger partial charge in [0.1, 0.15) is 11.8 Å². The lowest BCUT2D eigenvalue weighted by molar-refractivity contribution is 0.0756. The summed E-state index contributed by atoms with van der Waals surface area (Å²) in [6, 6.07) is 3.89. The van der Waals surface area contributed by atoms with Crippen LogP contribution < -0.4 is 11.1 Å². The van der Waals surface area contributed by atoms with E-state index in [1.54, 1.807) is 44.0 Å². The molecule has 4 heterocycles. The monoisotopic (exact) mass is 415 g/mol. The highest BCUT2D eigenvalue weighted by Gasteiger charge is 2.23. The van der Waals surface area contributed by atoms with Crippen LogP contribution in [-0.4, -0.2) is 47.0 Å². The van der Waals surface area contributed by atoms with E-state index in [2.05, 4.69) is 21.4 Å². The van der Waals surface area contributed by atoms with Gasteiger partial charge in [0.25, 0.3) is 5.91 Å². The summed E-state index contributed by atoms with van der Waals surface area (Å²) in [5, 5.41) is 12.4. The van der Waals surface area contributed by atoms with Crippen molar-refractivity contribution in [3.63, 3.8) is 0 Å². The molecule has 3 aliphatic rings. The van der Waals surface area contributed by atoms with Crippen molar-refractivity contribution in [3.8, 4) is 6.07 Å². The lowest BCUT2D eigenvalue weighted by Gasteiger charge is -2.28. The van der Waals surface area contributed by atoms with Crippen molar-refractivity contribution in [2.24, 2.45) is 10.7 Å². The molecule has 1 aromatic rings. The van der Waals surface area contributed by atoms with E-state index in [-0.39, 0.29) is 5.91 Å². The predicted octanol–water partition coefficient (Wildman–Crippen LogP) is 2.97. The number of likely N-dealkylation sites (tertiary alicyclic amines) is 1. The Morgan fingerprint density at radius 2 is 2.00 bits per heavy atom. The number of anilines is 1. The van der Waals surface area contributed by atoms with Gasteiger partial charge in [-0.15, -0.1) is 0 Å². The van der Waals surface area contributed by atoms with Crippen molar-refractivity contribution in [3.05, 3.63) is 65.0 Å². The molecule has 0 unspecified atom stereocenters. The lowest BCUT2D eigenvalue weighted by atomic mass is 10.1. The largest absolute Gasteiger partial charge is 0.396 e. The molecule has 0 atom stereocenters. The van der Waals surface area contributed by atoms with Crippen LogP contribution in [0.3, 0.4) is 0 Å². The molecule has 8 nitrogen and oxygen atoms in total. The van der Waals surface area contributed by atoms with Crippen LogP contribution in [0.25, 0.3) is 5.70 Å². The van der Waals surface area contributed by atoms with Gasteiger partial charge in [-0.25, -0.2) is 0 Å². The fourth-order valence-electron chi connectivity index (χ4n) is 3.91. The van der Waals surface area contributed by atoms with Gasteiger partial charge in [-0.05, 0) is 31.1 Å². The Kier molecular flexibility index (Phi) is 5.85. The molecule has 4 rings (SSSR count). The fraction of sp³-hybridized carbons (Fsp3) is 0.304. The van der Waals surface area contributed by atoms with E-state index >= 15 is 0 Å². The summed E-state index contributed by atoms with van der Waals surface area (Å²) < 4.78 is 0. The van der Waals surface area contributed by atoms with E-state index in [1.807, 2.05) is 15.9 Å². The number of pyridine rings is 1. The predicted molar refractivity (Wildman–Crippen MR) is 121 cm³/mol. The number of aliphatic imine (C=N–C) groups is 1. The summed E-state index contributed by atoms with van der Waals surface area (Å²) >= 11 is 0. The van der Waals surface area contributed by atoms with Gasteiger partial charge >= 0.3 is 0 Å². The molecule has 0 saturated carbocycles. The molecule has 0 radical (unpaired) electrons. The standard InChI is InChI=1S/C23H25N7O/c1-26-19-10-20(23(31)29-8-4-2-3-5-9-29)28-13-18(19)22(25)21-14-27-12-17-7-6-16(11-24)15-30(17)21/h6-7,10,12-15H,2-5,8-9,25H2,1H3,(H,26,28). The Morgan fingerprint density at radius 1 is 1.23 bits per heavy atom. The number of carbonyl (C=O) groups is 1. The molecule has 1 saturated heterocycles. The van der Waals surface area contributed by atoms with E-state index in [0.717, 1.165) is 44.5 Å². The number of allylic oxidation sites excluding steroid dienone is 4. The Balaban J connectivity index is 1.68. The van der Waals surface area contributed by atoms with Gasteiger partial charge in [0, 0.05) is 43.8 Å². The van der Waals surface area contributed by atoms with Crippen LogP contribution in [0.1, 0.15) is 41.7 Å². The second-order valence-corrected chi connectivity index (χ2v) is 7.60. The van der Waals surface area contributed by atoms with Crippen molar-refractivity contribution in [1.29, 1.82) is 5.26 Å². The van der Waals surface area contributed by atoms with Gasteiger partial charge in [-0.3, -0.25) is 14.8 Å². The number of carbonyl (C=O) groups excluding carboxylic acids is 1. The van der Waals surface area contributed by atoms with Gasteiger partial charge < -0.3 is 20.9 Å². The molecule has 0 aromatic carbocycles. The van der Waals surface area contributed by atoms with Crippen molar-refractivity contribution in [2.75, 3.05) is 25.5 Å². The molecule has 1 fully saturated rings. The molecule has 0 spiro atoms. The topological polar surface area (TPSA) is 111 Å². The quantitative estimate of drug-likeness (QED) is 0.785. The number of nitrogens with zero attached hydrogens (tertiary/aromatic N) is 5. The van der Waals surface area contributed by atoms with Crippen molar-refractivity contribution < 1.29 is 4.79 Å². The van der Waals surface area contributed by atoms with Crippen LogP contribution in [0.5, 0.6) is 0 Å². The van der Waals surface area contributed by atoms with Gasteiger partial charge in [0.2, 0.25) is 0 Å². The number of amides is 1. The van der Waals surface area contributed by atoms with Crippen LogP contribution in [0.15, 0.2) is 58.8 Å². The minimum atomic E-state index is -0.0524. The fourth-order valence-corrected chi connectivity index (χ4v) is 3.91. The first-order valence-electron chi connectivity index (χ1n) is 10.4. The minimum absolute atomic E-state index is 0.0524. The third kappa shape index (κ3) is 4.08. The summed E-state index contributed by atoms with van der Waals surface area (Å²) in [4.78, 5) is 25.4. The maximum Gasteiger partial charge on any atom is 0.272 e. The number of nitrogens with two attached hydrogens (primary N) is 1. The first-order valence-corrected chi connectivity index (χ1v) is 10.4. The third-order valence-corrected chi connectivity index (χ3v) is 5.62. The molecule has 0 bridgehead atoms. The SMILES string of the molecule is CNc1cc(C(=O)N2CCCCCC2)ncc1C(N)=C1C=NC=C2C=CC(C#N)=CN21. The zero-order valence-electron chi connectivity index (χ0n) is 17.5. The van der Waals surface area contributed by atoms with Crippen LogP contribution in [0.2, 0.25) is 0 Å². The zero-order valence-corrected chi connectivity index (χ0v) is 17.5. The average Bonchev–Trinajstić information content (AvgIpc) is 3.11. The second kappa shape index (κ2) is 8.88. The Morgan fingerprint density at radius 3 is 2.71 bits per heavy atom. The third-order valence-electron chi connectivity index (χ3n) is 5.62. The first kappa shape index (κ1) is 20.4. The number of nitriles is 1. The number of rotatable bonds is 3. The number of hydrogen-bond donors (Lipinski definition) is 2. The maximum absolute atomic E-state index is 13.0. The van der Waals surface area contributed by atoms with E-state index < -0.39 is 0 Å². The molecule has 158 valence electrons. The second-order valence-electron chi connectivity index (χ2n) is 7.60. The Bertz CT molecular complexity index is 1080. The van der Waals surface area contributed by atoms with Crippen LogP contribution in [0.4, 0.5) is 5.69 Å². The molecule has 8 heteroatoms. The molecular formula is C23H25N7O. The minimum Gasteiger partial charge on any atom is -0.396 e. The van der Waals surface area contributed by atoms with Crippen molar-refractivity contribution in [1.82, 2.24) is 14.8 Å². The molecule has 31 heavy (non-hydrogen) atoms. The van der Waals surface area contributed by atoms with Crippen molar-refractivity contribution >= 4 is 23.5 Å². The summed E-state index contributed by atoms with van der Waals surface area (Å²) in [5.74, 6) is -0.0524. The summed E-state index contributed by atoms with van der Waals surface area (Å²) in [7, 11) is 1.79. The van der Waals surface area contributed by atoms with E-state index in [1.165, 1.54) is 0 Å². The van der Waals surface area contributed by atoms with Crippen LogP contribution in [0, 0.1) is 11.3 Å². The van der Waals surface area contributed by atoms with Gasteiger partial charge in [-0.2, -0.15) is 5.26 Å². The highest BCUT2D eigenvalue weighted by Crippen LogP contribution is 2.30. The number of nitrogens with one attached hydrogen (secondary N) is 1. The van der Waals surface area contributed by atoms with Crippen molar-refractivity contribution in [2.45, 2.75) is 25.7 Å². The van der Waals surface area contributed by atoms with Crippen LogP contribution >= 0.6 is 0 Å². The molecular weight excluding hydrogens is 390 g/mol. The number of hydrogen-bond acceptors (Lipinski definition) is 7. The molecule has 1 amide bonds. The normalized spacial score (nSPS) is 19.6. The molecule has 0 aliphatic carbocycles. The number of aromatic nitrogens is 1. The first-order chi connectivity index (χ1) is 15.1. The van der Waals surface area contributed by atoms with Gasteiger partial charge in [0.15, 0.2) is 0 Å². The average molecular weight is 416 g/mol. The van der Waals surface area contributed by atoms with E-state index in [0.29, 0.717) is 33.9 Å². The Hall–Kier alpha value is -3.86. The van der Waals surface area contributed by atoms with E-state index in [9.17, 15) is 10.1 Å². The molecule has 3 aliphatic heterocycles. The van der Waals surface area contributed by atoms with Gasteiger partial charge in [0.05, 0.1) is 35.1 Å². The molecule has 1 aromatic heterocycles. The zero-order chi connectivity index (χ0) is 21.8. The van der Waals surface area contributed by atoms with E-state index in [4.69, 9.17) is 5.73 Å². The molecule has 3 N–H and O–H groups in total. The van der Waals surface area contributed by atoms with Crippen LogP contribution in [-0.2, 0) is 0 Å². The highest BCUT2D eigenvalue weighted by atomic mass is 16.2. The summed E-state index contributed by atoms with van der Waals surface area (Å²) in [6.07, 6.45) is 14.6. The highest BCUT2D eigenvalue weighted by molar-refractivity contribution is 5.96. The van der Waals surface area contributed by atoms with Gasteiger partial charge in [-0.1, -0.05) is 12.8 Å². The maximum atomic E-state index is 13.0. The summed E-state index contributed by atoms with van der Waals surface area (Å²) in [6.45, 7) is 1.54. The number of fused-ring (bicyclic) bond motifs is 1. The smallest absolute Gasteiger partial charge is 0.272 e.